The van der Waals surface area contributed by atoms with E-state index in [-0.39, 0.29) is 6.04 Å². The van der Waals surface area contributed by atoms with Crippen molar-refractivity contribution < 1.29 is 0 Å². The van der Waals surface area contributed by atoms with Crippen molar-refractivity contribution in [2.45, 2.75) is 39.7 Å². The highest BCUT2D eigenvalue weighted by atomic mass is 15.5. The number of aromatic nitrogens is 5. The van der Waals surface area contributed by atoms with E-state index in [9.17, 15) is 0 Å². The molecule has 0 unspecified atom stereocenters. The van der Waals surface area contributed by atoms with Crippen molar-refractivity contribution in [3.63, 3.8) is 0 Å². The minimum Gasteiger partial charge on any atom is -0.230 e. The van der Waals surface area contributed by atoms with Crippen molar-refractivity contribution in [1.82, 2.24) is 25.0 Å². The van der Waals surface area contributed by atoms with Gasteiger partial charge in [-0.3, -0.25) is 0 Å². The van der Waals surface area contributed by atoms with Crippen molar-refractivity contribution in [3.05, 3.63) is 11.9 Å². The summed E-state index contributed by atoms with van der Waals surface area (Å²) in [6.45, 7) is 8.30. The number of fused-ring (bicyclic) bond motifs is 1. The Morgan fingerprint density at radius 1 is 1.20 bits per heavy atom. The van der Waals surface area contributed by atoms with Crippen LogP contribution in [0.5, 0.6) is 0 Å². The summed E-state index contributed by atoms with van der Waals surface area (Å²) in [6, 6.07) is 0.256. The molecule has 0 aliphatic rings. The largest absolute Gasteiger partial charge is 0.230 e. The third-order valence-corrected chi connectivity index (χ3v) is 2.29. The van der Waals surface area contributed by atoms with Gasteiger partial charge in [0, 0.05) is 0 Å². The van der Waals surface area contributed by atoms with E-state index in [1.165, 1.54) is 0 Å². The maximum Gasteiger partial charge on any atom is 0.221 e. The maximum atomic E-state index is 4.53. The molecule has 0 fully saturated rings. The van der Waals surface area contributed by atoms with Crippen LogP contribution < -0.4 is 0 Å². The third-order valence-electron chi connectivity index (χ3n) is 2.29. The predicted octanol–water partition coefficient (Wildman–Crippen LogP) is 1.93. The minimum absolute atomic E-state index is 0.256. The summed E-state index contributed by atoms with van der Waals surface area (Å²) in [4.78, 5) is 8.78. The third kappa shape index (κ3) is 1.69. The van der Waals surface area contributed by atoms with Gasteiger partial charge in [0.2, 0.25) is 5.65 Å². The molecule has 2 rings (SSSR count). The highest BCUT2D eigenvalue weighted by molar-refractivity contribution is 5.64. The summed E-state index contributed by atoms with van der Waals surface area (Å²) in [5.74, 6) is 0.373. The average molecular weight is 205 g/mol. The summed E-state index contributed by atoms with van der Waals surface area (Å²) in [6.07, 6.45) is 1.77. The van der Waals surface area contributed by atoms with Gasteiger partial charge in [-0.1, -0.05) is 19.1 Å². The quantitative estimate of drug-likeness (QED) is 0.751. The Balaban J connectivity index is 2.61. The maximum absolute atomic E-state index is 4.53. The lowest BCUT2D eigenvalue weighted by Crippen LogP contribution is -2.05. The first-order valence-corrected chi connectivity index (χ1v) is 5.17. The molecule has 0 N–H and O–H groups in total. The van der Waals surface area contributed by atoms with Crippen molar-refractivity contribution in [3.8, 4) is 0 Å². The van der Waals surface area contributed by atoms with E-state index in [1.807, 2.05) is 0 Å². The van der Waals surface area contributed by atoms with Gasteiger partial charge in [-0.25, -0.2) is 14.6 Å². The first kappa shape index (κ1) is 10.0. The van der Waals surface area contributed by atoms with Crippen LogP contribution in [0, 0.1) is 0 Å². The standard InChI is InChI=1S/C10H15N5/c1-6(2)8-5-11-9-10(12-8)15(7(3)4)14-13-9/h5-7H,1-4H3. The van der Waals surface area contributed by atoms with Crippen molar-refractivity contribution in [2.24, 2.45) is 0 Å². The van der Waals surface area contributed by atoms with Crippen LogP contribution in [-0.4, -0.2) is 25.0 Å². The average Bonchev–Trinajstić information content (AvgIpc) is 2.59. The Labute approximate surface area is 88.5 Å². The fourth-order valence-electron chi connectivity index (χ4n) is 1.37. The van der Waals surface area contributed by atoms with Gasteiger partial charge in [0.05, 0.1) is 17.9 Å². The molecule has 0 radical (unpaired) electrons. The Kier molecular flexibility index (Phi) is 2.38. The van der Waals surface area contributed by atoms with Crippen molar-refractivity contribution in [1.29, 1.82) is 0 Å². The van der Waals surface area contributed by atoms with Gasteiger partial charge in [0.25, 0.3) is 0 Å². The minimum atomic E-state index is 0.256. The molecule has 5 nitrogen and oxygen atoms in total. The van der Waals surface area contributed by atoms with Crippen LogP contribution in [0.2, 0.25) is 0 Å². The molecule has 0 aliphatic heterocycles. The van der Waals surface area contributed by atoms with Crippen LogP contribution in [0.1, 0.15) is 45.3 Å². The van der Waals surface area contributed by atoms with Crippen molar-refractivity contribution >= 4 is 11.3 Å². The lowest BCUT2D eigenvalue weighted by molar-refractivity contribution is 0.525. The fraction of sp³-hybridized carbons (Fsp3) is 0.600. The Morgan fingerprint density at radius 3 is 2.53 bits per heavy atom. The molecular formula is C10H15N5. The van der Waals surface area contributed by atoms with Crippen LogP contribution in [0.25, 0.3) is 11.3 Å². The van der Waals surface area contributed by atoms with Crippen LogP contribution in [0.3, 0.4) is 0 Å². The van der Waals surface area contributed by atoms with E-state index in [0.717, 1.165) is 11.3 Å². The molecule has 2 aromatic rings. The molecule has 5 heteroatoms. The van der Waals surface area contributed by atoms with E-state index in [4.69, 9.17) is 0 Å². The van der Waals surface area contributed by atoms with Gasteiger partial charge >= 0.3 is 0 Å². The van der Waals surface area contributed by atoms with E-state index in [0.29, 0.717) is 11.6 Å². The first-order valence-electron chi connectivity index (χ1n) is 5.17. The summed E-state index contributed by atoms with van der Waals surface area (Å²) < 4.78 is 1.80. The Hall–Kier alpha value is -1.52. The molecule has 15 heavy (non-hydrogen) atoms. The number of hydrogen-bond donors (Lipinski definition) is 0. The lowest BCUT2D eigenvalue weighted by Gasteiger charge is -2.06. The molecule has 0 bridgehead atoms. The van der Waals surface area contributed by atoms with E-state index in [2.05, 4.69) is 48.0 Å². The summed E-state index contributed by atoms with van der Waals surface area (Å²) in [5, 5.41) is 8.02. The second-order valence-corrected chi connectivity index (χ2v) is 4.22. The van der Waals surface area contributed by atoms with Gasteiger partial charge in [-0.15, -0.1) is 5.10 Å². The second kappa shape index (κ2) is 3.56. The number of nitrogens with zero attached hydrogens (tertiary/aromatic N) is 5. The zero-order valence-corrected chi connectivity index (χ0v) is 9.47. The number of rotatable bonds is 2. The van der Waals surface area contributed by atoms with E-state index in [1.54, 1.807) is 10.9 Å². The zero-order chi connectivity index (χ0) is 11.0. The molecule has 80 valence electrons. The highest BCUT2D eigenvalue weighted by Crippen LogP contribution is 2.15. The van der Waals surface area contributed by atoms with E-state index < -0.39 is 0 Å². The second-order valence-electron chi connectivity index (χ2n) is 4.22. The summed E-state index contributed by atoms with van der Waals surface area (Å²) in [5.41, 5.74) is 2.37. The normalized spacial score (nSPS) is 11.9. The topological polar surface area (TPSA) is 56.5 Å². The molecule has 0 saturated heterocycles. The van der Waals surface area contributed by atoms with E-state index >= 15 is 0 Å². The molecule has 0 atom stereocenters. The number of hydrogen-bond acceptors (Lipinski definition) is 4. The molecule has 2 heterocycles. The van der Waals surface area contributed by atoms with Gasteiger partial charge in [0.1, 0.15) is 0 Å². The predicted molar refractivity (Wildman–Crippen MR) is 57.6 cm³/mol. The summed E-state index contributed by atoms with van der Waals surface area (Å²) >= 11 is 0. The molecule has 0 aliphatic carbocycles. The Bertz CT molecular complexity index is 472. The highest BCUT2D eigenvalue weighted by Gasteiger charge is 2.11. The van der Waals surface area contributed by atoms with Crippen molar-refractivity contribution in [2.75, 3.05) is 0 Å². The van der Waals surface area contributed by atoms with Crippen LogP contribution in [-0.2, 0) is 0 Å². The van der Waals surface area contributed by atoms with Gasteiger partial charge in [0.15, 0.2) is 5.65 Å². The van der Waals surface area contributed by atoms with Gasteiger partial charge in [-0.2, -0.15) is 0 Å². The zero-order valence-electron chi connectivity index (χ0n) is 9.47. The molecular weight excluding hydrogens is 190 g/mol. The van der Waals surface area contributed by atoms with Crippen LogP contribution >= 0.6 is 0 Å². The smallest absolute Gasteiger partial charge is 0.221 e. The van der Waals surface area contributed by atoms with Gasteiger partial charge < -0.3 is 0 Å². The molecule has 0 aromatic carbocycles. The van der Waals surface area contributed by atoms with Crippen LogP contribution in [0.15, 0.2) is 6.20 Å². The monoisotopic (exact) mass is 205 g/mol. The molecule has 0 saturated carbocycles. The molecule has 0 amide bonds. The van der Waals surface area contributed by atoms with Crippen LogP contribution in [0.4, 0.5) is 0 Å². The molecule has 0 spiro atoms. The first-order chi connectivity index (χ1) is 7.09. The fourth-order valence-corrected chi connectivity index (χ4v) is 1.37. The molecule has 2 aromatic heterocycles. The Morgan fingerprint density at radius 2 is 1.93 bits per heavy atom. The summed E-state index contributed by atoms with van der Waals surface area (Å²) in [7, 11) is 0. The lowest BCUT2D eigenvalue weighted by atomic mass is 10.1. The SMILES string of the molecule is CC(C)c1cnc2nnn(C(C)C)c2n1. The van der Waals surface area contributed by atoms with Gasteiger partial charge in [-0.05, 0) is 19.8 Å².